The highest BCUT2D eigenvalue weighted by Crippen LogP contribution is 2.41. The predicted octanol–water partition coefficient (Wildman–Crippen LogP) is 6.73. The molecule has 0 aromatic heterocycles. The number of alkyl halides is 3. The largest absolute Gasteiger partial charge is 0.493 e. The molecule has 3 aromatic carbocycles. The first-order valence-electron chi connectivity index (χ1n) is 11.5. The van der Waals surface area contributed by atoms with Crippen LogP contribution >= 0.6 is 0 Å². The molecule has 39 heavy (non-hydrogen) atoms. The van der Waals surface area contributed by atoms with Gasteiger partial charge in [-0.2, -0.15) is 13.2 Å². The van der Waals surface area contributed by atoms with Gasteiger partial charge >= 0.3 is 6.18 Å². The van der Waals surface area contributed by atoms with Gasteiger partial charge in [0, 0.05) is 23.4 Å². The number of anilines is 1. The lowest BCUT2D eigenvalue weighted by Crippen LogP contribution is -2.05. The van der Waals surface area contributed by atoms with E-state index in [0.29, 0.717) is 40.0 Å². The number of benzene rings is 3. The number of ketones is 1. The zero-order valence-electron chi connectivity index (χ0n) is 22.0. The molecule has 3 aromatic rings. The molecule has 7 nitrogen and oxygen atoms in total. The van der Waals surface area contributed by atoms with Crippen molar-refractivity contribution < 1.29 is 41.7 Å². The van der Waals surface area contributed by atoms with Crippen molar-refractivity contribution in [1.29, 1.82) is 0 Å². The number of rotatable bonds is 11. The van der Waals surface area contributed by atoms with Gasteiger partial charge in [0.25, 0.3) is 0 Å². The second-order valence-electron chi connectivity index (χ2n) is 7.97. The second-order valence-corrected chi connectivity index (χ2v) is 7.97. The molecule has 0 radical (unpaired) electrons. The Balaban J connectivity index is 1.92. The van der Waals surface area contributed by atoms with Crippen LogP contribution in [-0.2, 0) is 6.18 Å². The first-order valence-corrected chi connectivity index (χ1v) is 11.5. The normalized spacial score (nSPS) is 11.5. The van der Waals surface area contributed by atoms with Crippen LogP contribution in [0.1, 0.15) is 27.0 Å². The number of ether oxygens (including phenoxy) is 5. The zero-order valence-corrected chi connectivity index (χ0v) is 22.0. The molecule has 0 atom stereocenters. The van der Waals surface area contributed by atoms with Crippen LogP contribution in [-0.4, -0.2) is 41.3 Å². The SMILES string of the molecule is COc1cc(C=Cc2ccc(OC)c(OC)c2NC=CC(=O)c2ccc(C(F)(F)F)cc2)cc(OC)c1OC. The Morgan fingerprint density at radius 2 is 1.33 bits per heavy atom. The van der Waals surface area contributed by atoms with Crippen LogP contribution in [0, 0.1) is 0 Å². The molecular formula is C29H28F3NO6. The van der Waals surface area contributed by atoms with Gasteiger partial charge in [-0.3, -0.25) is 4.79 Å². The number of hydrogen-bond donors (Lipinski definition) is 1. The fourth-order valence-corrected chi connectivity index (χ4v) is 3.73. The number of carbonyl (C=O) groups is 1. The summed E-state index contributed by atoms with van der Waals surface area (Å²) in [6, 6.07) is 11.1. The van der Waals surface area contributed by atoms with E-state index in [1.807, 2.05) is 12.2 Å². The van der Waals surface area contributed by atoms with Gasteiger partial charge in [0.1, 0.15) is 0 Å². The Morgan fingerprint density at radius 3 is 1.85 bits per heavy atom. The van der Waals surface area contributed by atoms with Crippen molar-refractivity contribution in [2.45, 2.75) is 6.18 Å². The second kappa shape index (κ2) is 12.8. The molecule has 206 valence electrons. The van der Waals surface area contributed by atoms with Gasteiger partial charge in [0.15, 0.2) is 28.8 Å². The van der Waals surface area contributed by atoms with Gasteiger partial charge < -0.3 is 29.0 Å². The Hall–Kier alpha value is -4.60. The van der Waals surface area contributed by atoms with Crippen LogP contribution in [0.25, 0.3) is 12.2 Å². The van der Waals surface area contributed by atoms with Crippen molar-refractivity contribution in [2.24, 2.45) is 0 Å². The lowest BCUT2D eigenvalue weighted by molar-refractivity contribution is -0.137. The van der Waals surface area contributed by atoms with Crippen LogP contribution in [0.2, 0.25) is 0 Å². The summed E-state index contributed by atoms with van der Waals surface area (Å²) in [4.78, 5) is 12.5. The molecule has 0 bridgehead atoms. The van der Waals surface area contributed by atoms with Crippen molar-refractivity contribution in [2.75, 3.05) is 40.9 Å². The quantitative estimate of drug-likeness (QED) is 0.163. The molecule has 0 saturated heterocycles. The molecule has 1 N–H and O–H groups in total. The van der Waals surface area contributed by atoms with Crippen molar-refractivity contribution >= 4 is 23.6 Å². The van der Waals surface area contributed by atoms with Crippen LogP contribution in [0.15, 0.2) is 60.8 Å². The van der Waals surface area contributed by atoms with Gasteiger partial charge in [-0.25, -0.2) is 0 Å². The van der Waals surface area contributed by atoms with Crippen molar-refractivity contribution in [3.05, 3.63) is 83.1 Å². The van der Waals surface area contributed by atoms with Crippen LogP contribution in [0.3, 0.4) is 0 Å². The van der Waals surface area contributed by atoms with Crippen LogP contribution < -0.4 is 29.0 Å². The molecule has 0 aliphatic heterocycles. The van der Waals surface area contributed by atoms with E-state index in [9.17, 15) is 18.0 Å². The fraction of sp³-hybridized carbons (Fsp3) is 0.207. The van der Waals surface area contributed by atoms with E-state index < -0.39 is 17.5 Å². The van der Waals surface area contributed by atoms with Crippen LogP contribution in [0.4, 0.5) is 18.9 Å². The lowest BCUT2D eigenvalue weighted by atomic mass is 10.1. The van der Waals surface area contributed by atoms with E-state index in [1.54, 1.807) is 24.3 Å². The van der Waals surface area contributed by atoms with E-state index in [4.69, 9.17) is 23.7 Å². The number of nitrogens with one attached hydrogen (secondary N) is 1. The number of hydrogen-bond acceptors (Lipinski definition) is 7. The smallest absolute Gasteiger partial charge is 0.416 e. The molecule has 3 rings (SSSR count). The van der Waals surface area contributed by atoms with E-state index in [-0.39, 0.29) is 5.56 Å². The maximum absolute atomic E-state index is 12.8. The van der Waals surface area contributed by atoms with Gasteiger partial charge in [-0.1, -0.05) is 24.3 Å². The fourth-order valence-electron chi connectivity index (χ4n) is 3.73. The van der Waals surface area contributed by atoms with E-state index in [1.165, 1.54) is 47.8 Å². The highest BCUT2D eigenvalue weighted by molar-refractivity contribution is 6.04. The summed E-state index contributed by atoms with van der Waals surface area (Å²) >= 11 is 0. The van der Waals surface area contributed by atoms with Crippen molar-refractivity contribution in [1.82, 2.24) is 0 Å². The van der Waals surface area contributed by atoms with E-state index >= 15 is 0 Å². The summed E-state index contributed by atoms with van der Waals surface area (Å²) in [6.07, 6.45) is 1.76. The van der Waals surface area contributed by atoms with Gasteiger partial charge in [0.05, 0.1) is 46.8 Å². The van der Waals surface area contributed by atoms with Crippen molar-refractivity contribution in [3.63, 3.8) is 0 Å². The van der Waals surface area contributed by atoms with E-state index in [2.05, 4.69) is 5.32 Å². The summed E-state index contributed by atoms with van der Waals surface area (Å²) in [7, 11) is 7.55. The van der Waals surface area contributed by atoms with Gasteiger partial charge in [-0.05, 0) is 42.0 Å². The minimum absolute atomic E-state index is 0.112. The topological polar surface area (TPSA) is 75.2 Å². The van der Waals surface area contributed by atoms with Crippen LogP contribution in [0.5, 0.6) is 28.7 Å². The standard InChI is InChI=1S/C29H28F3NO6/c1-35-23-13-10-20(7-6-18-16-24(36-2)27(38-4)25(17-18)37-3)26(28(23)39-5)33-15-14-22(34)19-8-11-21(12-9-19)29(30,31)32/h6-17,33H,1-5H3. The Labute approximate surface area is 224 Å². The molecule has 0 heterocycles. The molecule has 0 saturated carbocycles. The molecule has 0 fully saturated rings. The van der Waals surface area contributed by atoms with Gasteiger partial charge in [-0.15, -0.1) is 0 Å². The third kappa shape index (κ3) is 6.84. The highest BCUT2D eigenvalue weighted by atomic mass is 19.4. The summed E-state index contributed by atoms with van der Waals surface area (Å²) in [5.41, 5.74) is 1.23. The number of methoxy groups -OCH3 is 5. The Morgan fingerprint density at radius 1 is 0.744 bits per heavy atom. The third-order valence-electron chi connectivity index (χ3n) is 5.68. The number of halogens is 3. The third-order valence-corrected chi connectivity index (χ3v) is 5.68. The minimum atomic E-state index is -4.48. The molecule has 0 aliphatic rings. The first kappa shape index (κ1) is 29.0. The lowest BCUT2D eigenvalue weighted by Gasteiger charge is -2.15. The molecule has 0 aliphatic carbocycles. The number of carbonyl (C=O) groups excluding carboxylic acids is 1. The average Bonchev–Trinajstić information content (AvgIpc) is 2.94. The van der Waals surface area contributed by atoms with E-state index in [0.717, 1.165) is 29.8 Å². The summed E-state index contributed by atoms with van der Waals surface area (Å²) in [5, 5.41) is 3.04. The minimum Gasteiger partial charge on any atom is -0.493 e. The highest BCUT2D eigenvalue weighted by Gasteiger charge is 2.30. The zero-order chi connectivity index (χ0) is 28.6. The average molecular weight is 544 g/mol. The molecule has 0 spiro atoms. The summed E-state index contributed by atoms with van der Waals surface area (Å²) in [6.45, 7) is 0. The maximum Gasteiger partial charge on any atom is 0.416 e. The Kier molecular flexibility index (Phi) is 9.48. The molecular weight excluding hydrogens is 515 g/mol. The summed E-state index contributed by atoms with van der Waals surface area (Å²) in [5.74, 6) is 1.81. The summed E-state index contributed by atoms with van der Waals surface area (Å²) < 4.78 is 65.6. The number of allylic oxidation sites excluding steroid dienone is 1. The molecule has 0 unspecified atom stereocenters. The van der Waals surface area contributed by atoms with Gasteiger partial charge in [0.2, 0.25) is 5.75 Å². The molecule has 0 amide bonds. The predicted molar refractivity (Wildman–Crippen MR) is 143 cm³/mol. The molecule has 10 heteroatoms. The Bertz CT molecular complexity index is 1340. The maximum atomic E-state index is 12.8. The monoisotopic (exact) mass is 543 g/mol. The van der Waals surface area contributed by atoms with Crippen molar-refractivity contribution in [3.8, 4) is 28.7 Å². The first-order chi connectivity index (χ1) is 18.7.